The second kappa shape index (κ2) is 12.0. The summed E-state index contributed by atoms with van der Waals surface area (Å²) in [6.45, 7) is 4.94. The first-order valence-corrected chi connectivity index (χ1v) is 10.0. The number of benzene rings is 2. The van der Waals surface area contributed by atoms with Crippen LogP contribution in [0.15, 0.2) is 35.4 Å². The van der Waals surface area contributed by atoms with Crippen molar-refractivity contribution in [3.63, 3.8) is 0 Å². The minimum absolute atomic E-state index is 0.0505. The largest absolute Gasteiger partial charge is 0.490 e. The number of nitrogens with zero attached hydrogens (tertiary/aromatic N) is 1. The summed E-state index contributed by atoms with van der Waals surface area (Å²) >= 11 is 12.3. The van der Waals surface area contributed by atoms with E-state index in [0.717, 1.165) is 6.42 Å². The molecule has 2 aromatic rings. The molecular formula is C22H22Cl2N2O4. The Kier molecular flexibility index (Phi) is 9.33. The summed E-state index contributed by atoms with van der Waals surface area (Å²) in [6, 6.07) is 8.16. The first-order chi connectivity index (χ1) is 14.5. The van der Waals surface area contributed by atoms with Crippen molar-refractivity contribution in [1.82, 2.24) is 5.43 Å². The van der Waals surface area contributed by atoms with Crippen LogP contribution in [0.3, 0.4) is 0 Å². The van der Waals surface area contributed by atoms with Crippen molar-refractivity contribution in [3.8, 4) is 29.6 Å². The van der Waals surface area contributed by atoms with Gasteiger partial charge in [-0.05, 0) is 49.2 Å². The second-order valence-corrected chi connectivity index (χ2v) is 6.76. The first kappa shape index (κ1) is 23.4. The van der Waals surface area contributed by atoms with Crippen molar-refractivity contribution in [1.29, 1.82) is 0 Å². The molecule has 0 unspecified atom stereocenters. The molecule has 0 aliphatic rings. The van der Waals surface area contributed by atoms with Crippen LogP contribution in [0.5, 0.6) is 17.2 Å². The number of rotatable bonds is 10. The van der Waals surface area contributed by atoms with Gasteiger partial charge in [-0.25, -0.2) is 5.43 Å². The van der Waals surface area contributed by atoms with E-state index in [2.05, 4.69) is 16.4 Å². The van der Waals surface area contributed by atoms with Crippen molar-refractivity contribution in [2.24, 2.45) is 5.10 Å². The molecule has 0 saturated carbocycles. The smallest absolute Gasteiger partial charge is 0.271 e. The predicted octanol–water partition coefficient (Wildman–Crippen LogP) is 4.96. The molecule has 2 aromatic carbocycles. The average molecular weight is 449 g/mol. The van der Waals surface area contributed by atoms with Gasteiger partial charge in [0, 0.05) is 5.56 Å². The Morgan fingerprint density at radius 1 is 1.13 bits per heavy atom. The molecule has 30 heavy (non-hydrogen) atoms. The van der Waals surface area contributed by atoms with Gasteiger partial charge in [-0.1, -0.05) is 36.0 Å². The molecule has 2 rings (SSSR count). The zero-order chi connectivity index (χ0) is 21.9. The van der Waals surface area contributed by atoms with Gasteiger partial charge in [0.15, 0.2) is 17.2 Å². The topological polar surface area (TPSA) is 69.2 Å². The van der Waals surface area contributed by atoms with Crippen molar-refractivity contribution in [2.45, 2.75) is 20.3 Å². The molecule has 8 heteroatoms. The number of nitrogens with one attached hydrogen (secondary N) is 1. The van der Waals surface area contributed by atoms with Gasteiger partial charge in [-0.15, -0.1) is 6.42 Å². The van der Waals surface area contributed by atoms with E-state index in [1.807, 2.05) is 13.8 Å². The zero-order valence-corrected chi connectivity index (χ0v) is 18.2. The third-order valence-electron chi connectivity index (χ3n) is 3.67. The highest BCUT2D eigenvalue weighted by Crippen LogP contribution is 2.33. The average Bonchev–Trinajstić information content (AvgIpc) is 2.72. The highest BCUT2D eigenvalue weighted by Gasteiger charge is 2.12. The minimum Gasteiger partial charge on any atom is -0.490 e. The molecule has 158 valence electrons. The number of carbonyl (C=O) groups excluding carboxylic acids is 1. The molecule has 0 radical (unpaired) electrons. The summed E-state index contributed by atoms with van der Waals surface area (Å²) in [7, 11) is 0. The number of carbonyl (C=O) groups is 1. The molecule has 0 aliphatic heterocycles. The van der Waals surface area contributed by atoms with Crippen LogP contribution in [-0.4, -0.2) is 31.9 Å². The number of hydrogen-bond acceptors (Lipinski definition) is 5. The fourth-order valence-corrected chi connectivity index (χ4v) is 3.00. The van der Waals surface area contributed by atoms with Crippen LogP contribution < -0.4 is 19.6 Å². The van der Waals surface area contributed by atoms with Gasteiger partial charge in [0.05, 0.1) is 29.5 Å². The summed E-state index contributed by atoms with van der Waals surface area (Å²) in [5.41, 5.74) is 3.42. The van der Waals surface area contributed by atoms with Gasteiger partial charge >= 0.3 is 0 Å². The maximum Gasteiger partial charge on any atom is 0.271 e. The second-order valence-electron chi connectivity index (χ2n) is 5.95. The third-order valence-corrected chi connectivity index (χ3v) is 4.23. The molecule has 0 saturated heterocycles. The highest BCUT2D eigenvalue weighted by atomic mass is 35.5. The third kappa shape index (κ3) is 6.58. The normalized spacial score (nSPS) is 10.5. The summed E-state index contributed by atoms with van der Waals surface area (Å²) in [4.78, 5) is 12.4. The Balaban J connectivity index is 2.08. The zero-order valence-electron chi connectivity index (χ0n) is 16.7. The monoisotopic (exact) mass is 448 g/mol. The minimum atomic E-state index is -0.402. The van der Waals surface area contributed by atoms with Gasteiger partial charge in [-0.3, -0.25) is 4.79 Å². The number of halogens is 2. The van der Waals surface area contributed by atoms with E-state index in [1.54, 1.807) is 30.3 Å². The molecule has 0 atom stereocenters. The van der Waals surface area contributed by atoms with Crippen molar-refractivity contribution >= 4 is 35.3 Å². The molecule has 1 N–H and O–H groups in total. The predicted molar refractivity (Wildman–Crippen MR) is 119 cm³/mol. The molecule has 0 aliphatic carbocycles. The quantitative estimate of drug-likeness (QED) is 0.316. The van der Waals surface area contributed by atoms with E-state index >= 15 is 0 Å². The maximum absolute atomic E-state index is 12.4. The standard InChI is InChI=1S/C22H22Cl2N2O4/c1-4-9-29-19-8-7-16(13-20(19)28-6-3)22(27)26-25-14-15-11-17(23)21(18(24)12-15)30-10-5-2/h2,7-8,11-14H,4,6,9-10H2,1,3H3,(H,26,27)/b25-14+. The number of terminal acetylenes is 1. The Morgan fingerprint density at radius 2 is 1.87 bits per heavy atom. The lowest BCUT2D eigenvalue weighted by Gasteiger charge is -2.12. The lowest BCUT2D eigenvalue weighted by molar-refractivity contribution is 0.0954. The Labute approximate surface area is 186 Å². The molecule has 0 aromatic heterocycles. The van der Waals surface area contributed by atoms with E-state index in [9.17, 15) is 4.79 Å². The number of amides is 1. The van der Waals surface area contributed by atoms with E-state index in [1.165, 1.54) is 6.21 Å². The number of hydrogen-bond donors (Lipinski definition) is 1. The fourth-order valence-electron chi connectivity index (χ4n) is 2.38. The van der Waals surface area contributed by atoms with Gasteiger partial charge in [0.2, 0.25) is 0 Å². The number of hydrazone groups is 1. The van der Waals surface area contributed by atoms with Gasteiger partial charge < -0.3 is 14.2 Å². The fraction of sp³-hybridized carbons (Fsp3) is 0.273. The van der Waals surface area contributed by atoms with Crippen LogP contribution in [0.1, 0.15) is 36.2 Å². The molecule has 0 spiro atoms. The van der Waals surface area contributed by atoms with Gasteiger partial charge in [-0.2, -0.15) is 5.10 Å². The van der Waals surface area contributed by atoms with Crippen LogP contribution in [0.4, 0.5) is 0 Å². The molecule has 0 bridgehead atoms. The lowest BCUT2D eigenvalue weighted by atomic mass is 10.2. The molecule has 0 fully saturated rings. The molecule has 6 nitrogen and oxygen atoms in total. The molecule has 1 amide bonds. The Bertz CT molecular complexity index is 932. The van der Waals surface area contributed by atoms with Crippen LogP contribution in [0.2, 0.25) is 10.0 Å². The first-order valence-electron chi connectivity index (χ1n) is 9.28. The molecular weight excluding hydrogens is 427 g/mol. The SMILES string of the molecule is C#CCOc1c(Cl)cc(/C=N/NC(=O)c2ccc(OCCC)c(OCC)c2)cc1Cl. The highest BCUT2D eigenvalue weighted by molar-refractivity contribution is 6.37. The van der Waals surface area contributed by atoms with Crippen LogP contribution in [0, 0.1) is 12.3 Å². The Morgan fingerprint density at radius 3 is 2.50 bits per heavy atom. The van der Waals surface area contributed by atoms with Crippen molar-refractivity contribution in [2.75, 3.05) is 19.8 Å². The summed E-state index contributed by atoms with van der Waals surface area (Å²) < 4.78 is 16.5. The Hall–Kier alpha value is -2.88. The van der Waals surface area contributed by atoms with Gasteiger partial charge in [0.1, 0.15) is 6.61 Å². The van der Waals surface area contributed by atoms with Crippen molar-refractivity contribution in [3.05, 3.63) is 51.5 Å². The van der Waals surface area contributed by atoms with E-state index < -0.39 is 5.91 Å². The van der Waals surface area contributed by atoms with E-state index in [-0.39, 0.29) is 16.7 Å². The van der Waals surface area contributed by atoms with Crippen LogP contribution in [-0.2, 0) is 0 Å². The van der Waals surface area contributed by atoms with Crippen LogP contribution in [0.25, 0.3) is 0 Å². The summed E-state index contributed by atoms with van der Waals surface area (Å²) in [5, 5.41) is 4.53. The van der Waals surface area contributed by atoms with Crippen molar-refractivity contribution < 1.29 is 19.0 Å². The lowest BCUT2D eigenvalue weighted by Crippen LogP contribution is -2.17. The van der Waals surface area contributed by atoms with E-state index in [4.69, 9.17) is 43.8 Å². The summed E-state index contributed by atoms with van der Waals surface area (Å²) in [5.74, 6) is 3.33. The summed E-state index contributed by atoms with van der Waals surface area (Å²) in [6.07, 6.45) is 7.45. The van der Waals surface area contributed by atoms with Gasteiger partial charge in [0.25, 0.3) is 5.91 Å². The number of ether oxygens (including phenoxy) is 3. The molecule has 0 heterocycles. The van der Waals surface area contributed by atoms with Crippen LogP contribution >= 0.6 is 23.2 Å². The maximum atomic E-state index is 12.4. The van der Waals surface area contributed by atoms with E-state index in [0.29, 0.717) is 41.6 Å².